The van der Waals surface area contributed by atoms with E-state index in [1.165, 1.54) is 12.1 Å². The maximum Gasteiger partial charge on any atom is 0.253 e. The lowest BCUT2D eigenvalue weighted by molar-refractivity contribution is 0.234. The number of aromatic nitrogens is 5. The van der Waals surface area contributed by atoms with Crippen molar-refractivity contribution in [3.63, 3.8) is 0 Å². The van der Waals surface area contributed by atoms with Gasteiger partial charge in [-0.3, -0.25) is 9.69 Å². The maximum atomic E-state index is 13.6. The van der Waals surface area contributed by atoms with Crippen molar-refractivity contribution in [2.45, 2.75) is 25.9 Å². The second-order valence-electron chi connectivity index (χ2n) is 9.80. The van der Waals surface area contributed by atoms with Crippen molar-refractivity contribution in [3.8, 4) is 5.75 Å². The predicted octanol–water partition coefficient (Wildman–Crippen LogP) is 4.98. The number of benzene rings is 3. The van der Waals surface area contributed by atoms with Crippen molar-refractivity contribution >= 4 is 16.5 Å². The summed E-state index contributed by atoms with van der Waals surface area (Å²) in [4.78, 5) is 18.8. The number of H-pyrrole nitrogens is 1. The molecule has 202 valence electrons. The van der Waals surface area contributed by atoms with E-state index in [2.05, 4.69) is 31.5 Å². The zero-order valence-corrected chi connectivity index (χ0v) is 22.1. The Bertz CT molecular complexity index is 1710. The second-order valence-corrected chi connectivity index (χ2v) is 9.80. The molecule has 1 aliphatic heterocycles. The van der Waals surface area contributed by atoms with Crippen LogP contribution in [0.4, 0.5) is 4.39 Å². The van der Waals surface area contributed by atoms with E-state index in [1.807, 2.05) is 61.5 Å². The first-order valence-electron chi connectivity index (χ1n) is 13.4. The fourth-order valence-corrected chi connectivity index (χ4v) is 5.28. The van der Waals surface area contributed by atoms with Crippen LogP contribution in [0.1, 0.15) is 41.9 Å². The number of nitrogens with one attached hydrogen (secondary N) is 1. The second kappa shape index (κ2) is 11.2. The molecule has 0 radical (unpaired) electrons. The van der Waals surface area contributed by atoms with Crippen LogP contribution >= 0.6 is 0 Å². The summed E-state index contributed by atoms with van der Waals surface area (Å²) in [5, 5.41) is 13.6. The van der Waals surface area contributed by atoms with E-state index in [0.717, 1.165) is 39.8 Å². The summed E-state index contributed by atoms with van der Waals surface area (Å²) in [5.41, 5.74) is 4.30. The van der Waals surface area contributed by atoms with Gasteiger partial charge in [-0.05, 0) is 76.9 Å². The maximum absolute atomic E-state index is 13.6. The molecule has 2 aromatic heterocycles. The van der Waals surface area contributed by atoms with Crippen LogP contribution in [0.15, 0.2) is 89.7 Å². The Hall–Kier alpha value is -4.63. The summed E-state index contributed by atoms with van der Waals surface area (Å²) >= 11 is 0. The Morgan fingerprint density at radius 2 is 1.88 bits per heavy atom. The average molecular weight is 537 g/mol. The smallest absolute Gasteiger partial charge is 0.253 e. The lowest BCUT2D eigenvalue weighted by Crippen LogP contribution is -2.38. The van der Waals surface area contributed by atoms with E-state index in [0.29, 0.717) is 37.6 Å². The van der Waals surface area contributed by atoms with Crippen molar-refractivity contribution in [2.24, 2.45) is 0 Å². The highest BCUT2D eigenvalue weighted by atomic mass is 19.1. The molecule has 0 saturated carbocycles. The van der Waals surface area contributed by atoms with Crippen molar-refractivity contribution in [2.75, 3.05) is 19.7 Å². The molecule has 8 nitrogen and oxygen atoms in total. The molecule has 3 heterocycles. The third-order valence-electron chi connectivity index (χ3n) is 7.25. The van der Waals surface area contributed by atoms with Crippen molar-refractivity contribution < 1.29 is 9.13 Å². The molecule has 5 aromatic rings. The minimum absolute atomic E-state index is 0.191. The van der Waals surface area contributed by atoms with Gasteiger partial charge in [0.2, 0.25) is 0 Å². The Morgan fingerprint density at radius 3 is 2.62 bits per heavy atom. The summed E-state index contributed by atoms with van der Waals surface area (Å²) in [5.74, 6) is 1.08. The van der Waals surface area contributed by atoms with Crippen LogP contribution in [0.25, 0.3) is 16.5 Å². The quantitative estimate of drug-likeness (QED) is 0.301. The largest absolute Gasteiger partial charge is 0.494 e. The molecule has 0 fully saturated rings. The number of aromatic amines is 1. The highest BCUT2D eigenvalue weighted by Gasteiger charge is 2.31. The first-order chi connectivity index (χ1) is 19.6. The van der Waals surface area contributed by atoms with Crippen LogP contribution in [-0.2, 0) is 6.54 Å². The van der Waals surface area contributed by atoms with Crippen LogP contribution in [0.5, 0.6) is 5.75 Å². The number of ether oxygens (including phenoxy) is 1. The van der Waals surface area contributed by atoms with Crippen LogP contribution in [0.3, 0.4) is 0 Å². The highest BCUT2D eigenvalue weighted by molar-refractivity contribution is 5.80. The first-order valence-corrected chi connectivity index (χ1v) is 13.4. The van der Waals surface area contributed by atoms with Gasteiger partial charge in [0, 0.05) is 29.6 Å². The number of fused-ring (bicyclic) bond motifs is 1. The lowest BCUT2D eigenvalue weighted by Gasteiger charge is -2.33. The van der Waals surface area contributed by atoms with Crippen LogP contribution < -0.4 is 10.3 Å². The summed E-state index contributed by atoms with van der Waals surface area (Å²) < 4.78 is 21.0. The monoisotopic (exact) mass is 536 g/mol. The van der Waals surface area contributed by atoms with Crippen LogP contribution in [-0.4, -0.2) is 49.8 Å². The molecular weight excluding hydrogens is 507 g/mol. The zero-order valence-electron chi connectivity index (χ0n) is 22.1. The van der Waals surface area contributed by atoms with Gasteiger partial charge in [0.1, 0.15) is 17.6 Å². The number of tetrazole rings is 1. The third-order valence-corrected chi connectivity index (χ3v) is 7.25. The fourth-order valence-electron chi connectivity index (χ4n) is 5.28. The van der Waals surface area contributed by atoms with E-state index < -0.39 is 6.04 Å². The SMILES string of the molecule is CCOc1ccc2[nH]c(=O)c([C@@H](c3nnnn3Cc3ccccc3)N3CC=C(c4ccc(F)cc4)CC3)cc2c1. The van der Waals surface area contributed by atoms with Crippen molar-refractivity contribution in [1.82, 2.24) is 30.1 Å². The molecule has 0 unspecified atom stereocenters. The molecule has 1 atom stereocenters. The molecule has 9 heteroatoms. The molecule has 6 rings (SSSR count). The Morgan fingerprint density at radius 1 is 1.05 bits per heavy atom. The molecule has 40 heavy (non-hydrogen) atoms. The van der Waals surface area contributed by atoms with Crippen LogP contribution in [0, 0.1) is 5.82 Å². The minimum atomic E-state index is -0.492. The Balaban J connectivity index is 1.42. The molecule has 3 aromatic carbocycles. The van der Waals surface area contributed by atoms with E-state index in [9.17, 15) is 9.18 Å². The summed E-state index contributed by atoms with van der Waals surface area (Å²) in [6.45, 7) is 4.21. The summed E-state index contributed by atoms with van der Waals surface area (Å²) in [7, 11) is 0. The molecular formula is C31H29FN6O2. The van der Waals surface area contributed by atoms with Crippen molar-refractivity contribution in [3.05, 3.63) is 124 Å². The Labute approximate surface area is 230 Å². The van der Waals surface area contributed by atoms with E-state index in [1.54, 1.807) is 16.8 Å². The Kier molecular flexibility index (Phi) is 7.20. The average Bonchev–Trinajstić information content (AvgIpc) is 3.42. The van der Waals surface area contributed by atoms with Crippen molar-refractivity contribution in [1.29, 1.82) is 0 Å². The third kappa shape index (κ3) is 5.28. The normalized spacial score (nSPS) is 14.7. The van der Waals surface area contributed by atoms with Gasteiger partial charge in [-0.25, -0.2) is 9.07 Å². The standard InChI is InChI=1S/C31H29FN6O2/c1-2-40-26-12-13-28-24(18-26)19-27(31(39)33-28)29(30-34-35-36-38(30)20-21-6-4-3-5-7-21)37-16-14-23(15-17-37)22-8-10-25(32)11-9-22/h3-14,18-19,29H,2,15-17,20H2,1H3,(H,33,39)/t29-/m0/s1. The topological polar surface area (TPSA) is 88.9 Å². The molecule has 0 amide bonds. The predicted molar refractivity (Wildman–Crippen MR) is 152 cm³/mol. The van der Waals surface area contributed by atoms with E-state index in [-0.39, 0.29) is 11.4 Å². The van der Waals surface area contributed by atoms with Crippen LogP contribution in [0.2, 0.25) is 0 Å². The van der Waals surface area contributed by atoms with Gasteiger partial charge >= 0.3 is 0 Å². The lowest BCUT2D eigenvalue weighted by atomic mass is 9.96. The van der Waals surface area contributed by atoms with Gasteiger partial charge in [0.15, 0.2) is 5.82 Å². The van der Waals surface area contributed by atoms with Gasteiger partial charge < -0.3 is 9.72 Å². The molecule has 0 saturated heterocycles. The van der Waals surface area contributed by atoms with E-state index in [4.69, 9.17) is 4.74 Å². The van der Waals surface area contributed by atoms with Gasteiger partial charge in [0.05, 0.1) is 13.2 Å². The number of rotatable bonds is 8. The molecule has 1 N–H and O–H groups in total. The number of nitrogens with zero attached hydrogens (tertiary/aromatic N) is 5. The number of pyridine rings is 1. The molecule has 0 spiro atoms. The van der Waals surface area contributed by atoms with E-state index >= 15 is 0 Å². The zero-order chi connectivity index (χ0) is 27.5. The fraction of sp³-hybridized carbons (Fsp3) is 0.226. The highest BCUT2D eigenvalue weighted by Crippen LogP contribution is 2.32. The molecule has 0 aliphatic carbocycles. The van der Waals surface area contributed by atoms with Gasteiger partial charge in [0.25, 0.3) is 5.56 Å². The minimum Gasteiger partial charge on any atom is -0.494 e. The van der Waals surface area contributed by atoms with Gasteiger partial charge in [-0.2, -0.15) is 0 Å². The molecule has 1 aliphatic rings. The number of halogens is 1. The summed E-state index contributed by atoms with van der Waals surface area (Å²) in [6, 6.07) is 23.6. The number of hydrogen-bond donors (Lipinski definition) is 1. The number of hydrogen-bond acceptors (Lipinski definition) is 6. The first kappa shape index (κ1) is 25.6. The summed E-state index contributed by atoms with van der Waals surface area (Å²) in [6.07, 6.45) is 2.87. The van der Waals surface area contributed by atoms with Gasteiger partial charge in [-0.15, -0.1) is 5.10 Å². The molecule has 0 bridgehead atoms. The van der Waals surface area contributed by atoms with Gasteiger partial charge in [-0.1, -0.05) is 48.5 Å².